The van der Waals surface area contributed by atoms with Gasteiger partial charge in [-0.2, -0.15) is 0 Å². The van der Waals surface area contributed by atoms with Crippen LogP contribution in [0.2, 0.25) is 0 Å². The van der Waals surface area contributed by atoms with Crippen molar-refractivity contribution in [2.45, 2.75) is 6.92 Å². The number of benzene rings is 2. The number of aromatic nitrogens is 2. The number of rotatable bonds is 6. The highest BCUT2D eigenvalue weighted by atomic mass is 16.5. The maximum atomic E-state index is 6.47. The number of aryl methyl sites for hydroxylation is 1. The maximum Gasteiger partial charge on any atom is 0.159 e. The minimum Gasteiger partial charge on any atom is -0.497 e. The van der Waals surface area contributed by atoms with Crippen molar-refractivity contribution >= 4 is 28.7 Å². The van der Waals surface area contributed by atoms with Gasteiger partial charge in [-0.3, -0.25) is 0 Å². The molecule has 162 valence electrons. The Kier molecular flexibility index (Phi) is 5.97. The van der Waals surface area contributed by atoms with Gasteiger partial charge in [-0.25, -0.2) is 9.97 Å². The lowest BCUT2D eigenvalue weighted by molar-refractivity contribution is 0.415. The van der Waals surface area contributed by atoms with Crippen LogP contribution in [0.4, 0.5) is 28.7 Å². The molecule has 1 fully saturated rings. The third-order valence-corrected chi connectivity index (χ3v) is 5.49. The second-order valence-electron chi connectivity index (χ2n) is 7.46. The lowest BCUT2D eigenvalue weighted by Crippen LogP contribution is -2.47. The predicted molar refractivity (Wildman–Crippen MR) is 125 cm³/mol. The molecule has 8 heteroatoms. The Labute approximate surface area is 182 Å². The predicted octanol–water partition coefficient (Wildman–Crippen LogP) is 3.45. The van der Waals surface area contributed by atoms with Gasteiger partial charge in [-0.05, 0) is 48.9 Å². The topological polar surface area (TPSA) is 88.8 Å². The number of ether oxygens (including phenoxy) is 2. The quantitative estimate of drug-likeness (QED) is 0.627. The summed E-state index contributed by atoms with van der Waals surface area (Å²) < 4.78 is 10.7. The molecule has 2 aromatic carbocycles. The Bertz CT molecular complexity index is 1030. The zero-order chi connectivity index (χ0) is 21.8. The summed E-state index contributed by atoms with van der Waals surface area (Å²) in [5.74, 6) is 2.92. The van der Waals surface area contributed by atoms with Crippen molar-refractivity contribution in [2.24, 2.45) is 0 Å². The van der Waals surface area contributed by atoms with Crippen LogP contribution in [-0.4, -0.2) is 50.4 Å². The molecule has 0 unspecified atom stereocenters. The van der Waals surface area contributed by atoms with E-state index in [1.807, 2.05) is 37.3 Å². The molecular formula is C23H28N6O2. The molecular weight excluding hydrogens is 392 g/mol. The van der Waals surface area contributed by atoms with E-state index in [4.69, 9.17) is 15.2 Å². The van der Waals surface area contributed by atoms with E-state index in [0.717, 1.165) is 54.7 Å². The van der Waals surface area contributed by atoms with Crippen LogP contribution in [0.3, 0.4) is 0 Å². The van der Waals surface area contributed by atoms with E-state index in [0.29, 0.717) is 11.5 Å². The summed E-state index contributed by atoms with van der Waals surface area (Å²) >= 11 is 0. The van der Waals surface area contributed by atoms with Crippen molar-refractivity contribution in [3.63, 3.8) is 0 Å². The fourth-order valence-electron chi connectivity index (χ4n) is 3.75. The van der Waals surface area contributed by atoms with Crippen molar-refractivity contribution in [2.75, 3.05) is 61.2 Å². The van der Waals surface area contributed by atoms with Gasteiger partial charge in [-0.15, -0.1) is 0 Å². The van der Waals surface area contributed by atoms with E-state index in [2.05, 4.69) is 37.2 Å². The average Bonchev–Trinajstić information content (AvgIpc) is 2.81. The second kappa shape index (κ2) is 8.99. The molecule has 1 aliphatic rings. The molecule has 0 spiro atoms. The number of anilines is 5. The molecule has 1 aromatic heterocycles. The highest BCUT2D eigenvalue weighted by Gasteiger charge is 2.22. The largest absolute Gasteiger partial charge is 0.497 e. The third kappa shape index (κ3) is 4.42. The number of nitrogens with zero attached hydrogens (tertiary/aromatic N) is 4. The van der Waals surface area contributed by atoms with Gasteiger partial charge in [0.25, 0.3) is 0 Å². The van der Waals surface area contributed by atoms with Gasteiger partial charge in [-0.1, -0.05) is 6.07 Å². The van der Waals surface area contributed by atoms with Gasteiger partial charge in [0.15, 0.2) is 11.6 Å². The lowest BCUT2D eigenvalue weighted by Gasteiger charge is -2.37. The van der Waals surface area contributed by atoms with E-state index in [-0.39, 0.29) is 0 Å². The zero-order valence-corrected chi connectivity index (χ0v) is 18.1. The number of hydrogen-bond acceptors (Lipinski definition) is 8. The molecule has 1 saturated heterocycles. The Balaban J connectivity index is 1.48. The number of nitrogen functional groups attached to an aromatic ring is 1. The molecule has 0 saturated carbocycles. The van der Waals surface area contributed by atoms with Gasteiger partial charge in [0.1, 0.15) is 23.5 Å². The van der Waals surface area contributed by atoms with Crippen LogP contribution < -0.4 is 30.3 Å². The Morgan fingerprint density at radius 1 is 0.903 bits per heavy atom. The minimum atomic E-state index is 0.531. The standard InChI is InChI=1S/C23H28N6O2/c1-16-4-9-20(31-3)19(14-16)27-22-21(24)23(26-15-25-22)29-12-10-28(11-13-29)17-5-7-18(30-2)8-6-17/h4-9,14-15H,10-13,24H2,1-3H3,(H,25,26,27). The van der Waals surface area contributed by atoms with Crippen LogP contribution in [0.5, 0.6) is 11.5 Å². The summed E-state index contributed by atoms with van der Waals surface area (Å²) in [4.78, 5) is 13.4. The maximum absolute atomic E-state index is 6.47. The molecule has 0 amide bonds. The van der Waals surface area contributed by atoms with Gasteiger partial charge >= 0.3 is 0 Å². The molecule has 4 rings (SSSR count). The molecule has 31 heavy (non-hydrogen) atoms. The van der Waals surface area contributed by atoms with Crippen molar-refractivity contribution in [1.82, 2.24) is 9.97 Å². The third-order valence-electron chi connectivity index (χ3n) is 5.49. The Morgan fingerprint density at radius 3 is 2.29 bits per heavy atom. The number of nitrogens with two attached hydrogens (primary N) is 1. The summed E-state index contributed by atoms with van der Waals surface area (Å²) in [6, 6.07) is 14.1. The smallest absolute Gasteiger partial charge is 0.159 e. The Morgan fingerprint density at radius 2 is 1.61 bits per heavy atom. The summed E-state index contributed by atoms with van der Waals surface area (Å²) in [5.41, 5.74) is 10.1. The molecule has 3 aromatic rings. The summed E-state index contributed by atoms with van der Waals surface area (Å²) in [6.07, 6.45) is 1.55. The number of nitrogens with one attached hydrogen (secondary N) is 1. The van der Waals surface area contributed by atoms with Crippen molar-refractivity contribution in [1.29, 1.82) is 0 Å². The summed E-state index contributed by atoms with van der Waals surface area (Å²) in [6.45, 7) is 5.43. The van der Waals surface area contributed by atoms with E-state index in [9.17, 15) is 0 Å². The first-order valence-electron chi connectivity index (χ1n) is 10.2. The van der Waals surface area contributed by atoms with Gasteiger partial charge in [0.05, 0.1) is 19.9 Å². The van der Waals surface area contributed by atoms with E-state index in [1.165, 1.54) is 5.69 Å². The summed E-state index contributed by atoms with van der Waals surface area (Å²) in [7, 11) is 3.32. The lowest BCUT2D eigenvalue weighted by atomic mass is 10.2. The van der Waals surface area contributed by atoms with Crippen LogP contribution in [0.1, 0.15) is 5.56 Å². The van der Waals surface area contributed by atoms with Crippen molar-refractivity contribution < 1.29 is 9.47 Å². The normalized spacial score (nSPS) is 13.8. The van der Waals surface area contributed by atoms with Crippen LogP contribution in [-0.2, 0) is 0 Å². The minimum absolute atomic E-state index is 0.531. The van der Waals surface area contributed by atoms with Crippen LogP contribution >= 0.6 is 0 Å². The molecule has 3 N–H and O–H groups in total. The first kappa shape index (κ1) is 20.6. The molecule has 1 aliphatic heterocycles. The second-order valence-corrected chi connectivity index (χ2v) is 7.46. The molecule has 8 nitrogen and oxygen atoms in total. The van der Waals surface area contributed by atoms with Crippen molar-refractivity contribution in [3.8, 4) is 11.5 Å². The SMILES string of the molecule is COc1ccc(N2CCN(c3ncnc(Nc4cc(C)ccc4OC)c3N)CC2)cc1. The van der Waals surface area contributed by atoms with Crippen LogP contribution in [0.25, 0.3) is 0 Å². The van der Waals surface area contributed by atoms with Gasteiger partial charge in [0.2, 0.25) is 0 Å². The molecule has 0 aliphatic carbocycles. The first-order chi connectivity index (χ1) is 15.1. The van der Waals surface area contributed by atoms with E-state index in [1.54, 1.807) is 20.5 Å². The number of hydrogen-bond donors (Lipinski definition) is 2. The molecule has 2 heterocycles. The van der Waals surface area contributed by atoms with E-state index < -0.39 is 0 Å². The molecule has 0 atom stereocenters. The van der Waals surface area contributed by atoms with Crippen LogP contribution in [0, 0.1) is 6.92 Å². The highest BCUT2D eigenvalue weighted by Crippen LogP contribution is 2.33. The van der Waals surface area contributed by atoms with Gasteiger partial charge < -0.3 is 30.3 Å². The zero-order valence-electron chi connectivity index (χ0n) is 18.1. The number of piperazine rings is 1. The number of methoxy groups -OCH3 is 2. The molecule has 0 bridgehead atoms. The van der Waals surface area contributed by atoms with Crippen molar-refractivity contribution in [3.05, 3.63) is 54.4 Å². The highest BCUT2D eigenvalue weighted by molar-refractivity contribution is 5.80. The van der Waals surface area contributed by atoms with Crippen LogP contribution in [0.15, 0.2) is 48.8 Å². The fraction of sp³-hybridized carbons (Fsp3) is 0.304. The first-order valence-corrected chi connectivity index (χ1v) is 10.2. The molecule has 0 radical (unpaired) electrons. The average molecular weight is 421 g/mol. The van der Waals surface area contributed by atoms with Gasteiger partial charge in [0, 0.05) is 31.9 Å². The Hall–Kier alpha value is -3.68. The summed E-state index contributed by atoms with van der Waals surface area (Å²) in [5, 5.41) is 3.31. The monoisotopic (exact) mass is 420 g/mol. The van der Waals surface area contributed by atoms with E-state index >= 15 is 0 Å². The fourth-order valence-corrected chi connectivity index (χ4v) is 3.75.